The maximum absolute atomic E-state index is 12.5. The molecule has 4 N–H and O–H groups in total. The van der Waals surface area contributed by atoms with E-state index in [4.69, 9.17) is 5.21 Å². The number of hydrogen-bond acceptors (Lipinski definition) is 5. The van der Waals surface area contributed by atoms with Crippen LogP contribution in [0.25, 0.3) is 0 Å². The summed E-state index contributed by atoms with van der Waals surface area (Å²) in [6.07, 6.45) is 3.02. The van der Waals surface area contributed by atoms with Crippen LogP contribution in [-0.2, 0) is 4.79 Å². The minimum absolute atomic E-state index is 0.226. The van der Waals surface area contributed by atoms with Gasteiger partial charge in [0.25, 0.3) is 11.8 Å². The third kappa shape index (κ3) is 5.77. The molecule has 1 atom stereocenters. The summed E-state index contributed by atoms with van der Waals surface area (Å²) in [6, 6.07) is 5.75. The van der Waals surface area contributed by atoms with Gasteiger partial charge in [0, 0.05) is 21.8 Å². The highest BCUT2D eigenvalue weighted by Gasteiger charge is 2.36. The number of hydroxylamine groups is 1. The molecular weight excluding hydrogens is 376 g/mol. The lowest BCUT2D eigenvalue weighted by atomic mass is 9.83. The van der Waals surface area contributed by atoms with Gasteiger partial charge in [0.15, 0.2) is 0 Å². The smallest absolute Gasteiger partial charge is 0.267 e. The Kier molecular flexibility index (Phi) is 7.53. The standard InChI is InChI=1S/C21H24N2O4S/c1-21(2,28-3)18(20(26)23-27)22-19(25)16-10-8-14(9-11-16)6-4-5-7-15-12-17(24)13-15/h8-11,15,17-18,24,27H,12-13H2,1-3H3,(H,22,25)(H,23,26)/t15?,17?,18-/m1/s1. The average molecular weight is 401 g/mol. The molecule has 1 saturated carbocycles. The SMILES string of the molecule is CSC(C)(C)[C@H](NC(=O)c1ccc(C#CC#CC2CC(O)C2)cc1)C(=O)NO. The zero-order valence-electron chi connectivity index (χ0n) is 16.1. The molecule has 1 fully saturated rings. The number of benzene rings is 1. The molecule has 28 heavy (non-hydrogen) atoms. The second-order valence-electron chi connectivity index (χ2n) is 7.11. The Bertz CT molecular complexity index is 837. The van der Waals surface area contributed by atoms with Crippen molar-refractivity contribution in [3.05, 3.63) is 35.4 Å². The van der Waals surface area contributed by atoms with Gasteiger partial charge in [-0.15, -0.1) is 0 Å². The van der Waals surface area contributed by atoms with E-state index in [0.29, 0.717) is 24.0 Å². The Balaban J connectivity index is 2.02. The van der Waals surface area contributed by atoms with Crippen molar-refractivity contribution in [3.8, 4) is 23.7 Å². The van der Waals surface area contributed by atoms with Crippen molar-refractivity contribution in [2.24, 2.45) is 5.92 Å². The van der Waals surface area contributed by atoms with E-state index in [2.05, 4.69) is 29.0 Å². The molecule has 6 nitrogen and oxygen atoms in total. The molecule has 1 aliphatic carbocycles. The van der Waals surface area contributed by atoms with Gasteiger partial charge < -0.3 is 10.4 Å². The van der Waals surface area contributed by atoms with Gasteiger partial charge >= 0.3 is 0 Å². The second kappa shape index (κ2) is 9.66. The molecule has 7 heteroatoms. The summed E-state index contributed by atoms with van der Waals surface area (Å²) in [5, 5.41) is 20.8. The minimum Gasteiger partial charge on any atom is -0.393 e. The van der Waals surface area contributed by atoms with Crippen molar-refractivity contribution >= 4 is 23.6 Å². The van der Waals surface area contributed by atoms with Crippen molar-refractivity contribution in [2.45, 2.75) is 43.6 Å². The molecule has 0 aliphatic heterocycles. The topological polar surface area (TPSA) is 98.7 Å². The predicted molar refractivity (Wildman–Crippen MR) is 109 cm³/mol. The van der Waals surface area contributed by atoms with Gasteiger partial charge in [0.05, 0.1) is 6.10 Å². The maximum Gasteiger partial charge on any atom is 0.267 e. The van der Waals surface area contributed by atoms with Crippen LogP contribution < -0.4 is 10.8 Å². The molecular formula is C21H24N2O4S. The fraction of sp³-hybridized carbons (Fsp3) is 0.429. The van der Waals surface area contributed by atoms with E-state index in [9.17, 15) is 14.7 Å². The van der Waals surface area contributed by atoms with Crippen LogP contribution in [0.5, 0.6) is 0 Å². The van der Waals surface area contributed by atoms with Crippen LogP contribution in [0.3, 0.4) is 0 Å². The molecule has 2 amide bonds. The summed E-state index contributed by atoms with van der Waals surface area (Å²) >= 11 is 1.41. The number of rotatable bonds is 5. The van der Waals surface area contributed by atoms with Crippen molar-refractivity contribution in [3.63, 3.8) is 0 Å². The zero-order chi connectivity index (χ0) is 20.7. The van der Waals surface area contributed by atoms with Gasteiger partial charge in [-0.1, -0.05) is 11.8 Å². The Morgan fingerprint density at radius 2 is 1.86 bits per heavy atom. The Morgan fingerprint density at radius 1 is 1.21 bits per heavy atom. The number of aliphatic hydroxyl groups is 1. The summed E-state index contributed by atoms with van der Waals surface area (Å²) < 4.78 is -0.608. The lowest BCUT2D eigenvalue weighted by Gasteiger charge is -2.31. The maximum atomic E-state index is 12.5. The van der Waals surface area contributed by atoms with E-state index in [1.165, 1.54) is 11.8 Å². The molecule has 0 saturated heterocycles. The molecule has 0 spiro atoms. The first kappa shape index (κ1) is 21.8. The third-order valence-electron chi connectivity index (χ3n) is 4.68. The van der Waals surface area contributed by atoms with E-state index in [1.54, 1.807) is 29.7 Å². The number of amides is 2. The normalized spacial score (nSPS) is 19.0. The fourth-order valence-corrected chi connectivity index (χ4v) is 3.01. The molecule has 2 rings (SSSR count). The van der Waals surface area contributed by atoms with Crippen molar-refractivity contribution in [2.75, 3.05) is 6.26 Å². The minimum atomic E-state index is -0.903. The summed E-state index contributed by atoms with van der Waals surface area (Å²) in [5.74, 6) is 10.6. The molecule has 0 unspecified atom stereocenters. The average Bonchev–Trinajstić information content (AvgIpc) is 2.67. The van der Waals surface area contributed by atoms with Gasteiger partial charge in [0.1, 0.15) is 6.04 Å². The Hall–Kier alpha value is -2.45. The van der Waals surface area contributed by atoms with Gasteiger partial charge in [-0.2, -0.15) is 11.8 Å². The molecule has 0 aromatic heterocycles. The van der Waals surface area contributed by atoms with E-state index < -0.39 is 22.6 Å². The van der Waals surface area contributed by atoms with Crippen molar-refractivity contribution in [1.82, 2.24) is 10.8 Å². The quantitative estimate of drug-likeness (QED) is 0.342. The molecule has 148 valence electrons. The first-order valence-electron chi connectivity index (χ1n) is 8.86. The highest BCUT2D eigenvalue weighted by molar-refractivity contribution is 8.00. The Labute approximate surface area is 169 Å². The van der Waals surface area contributed by atoms with Crippen LogP contribution in [-0.4, -0.2) is 45.3 Å². The summed E-state index contributed by atoms with van der Waals surface area (Å²) in [7, 11) is 0. The van der Waals surface area contributed by atoms with Crippen LogP contribution in [0, 0.1) is 29.6 Å². The molecule has 1 aliphatic rings. The van der Waals surface area contributed by atoms with Gasteiger partial charge in [-0.3, -0.25) is 14.8 Å². The first-order chi connectivity index (χ1) is 13.3. The summed E-state index contributed by atoms with van der Waals surface area (Å²) in [5.41, 5.74) is 2.71. The van der Waals surface area contributed by atoms with E-state index >= 15 is 0 Å². The predicted octanol–water partition coefficient (Wildman–Crippen LogP) is 1.56. The third-order valence-corrected chi connectivity index (χ3v) is 5.96. The van der Waals surface area contributed by atoms with E-state index in [1.807, 2.05) is 20.1 Å². The molecule has 0 heterocycles. The Morgan fingerprint density at radius 3 is 2.39 bits per heavy atom. The van der Waals surface area contributed by atoms with Gasteiger partial charge in [-0.05, 0) is 69.1 Å². The first-order valence-corrected chi connectivity index (χ1v) is 10.1. The molecule has 0 bridgehead atoms. The number of aliphatic hydroxyl groups excluding tert-OH is 1. The number of hydrogen-bond donors (Lipinski definition) is 4. The number of carbonyl (C=O) groups excluding carboxylic acids is 2. The summed E-state index contributed by atoms with van der Waals surface area (Å²) in [6.45, 7) is 3.61. The van der Waals surface area contributed by atoms with Crippen LogP contribution >= 0.6 is 11.8 Å². The van der Waals surface area contributed by atoms with Crippen LogP contribution in [0.15, 0.2) is 24.3 Å². The van der Waals surface area contributed by atoms with Gasteiger partial charge in [0.2, 0.25) is 0 Å². The fourth-order valence-electron chi connectivity index (χ4n) is 2.60. The summed E-state index contributed by atoms with van der Waals surface area (Å²) in [4.78, 5) is 24.4. The molecule has 1 aromatic rings. The number of nitrogens with one attached hydrogen (secondary N) is 2. The van der Waals surface area contributed by atoms with Crippen LogP contribution in [0.1, 0.15) is 42.6 Å². The lowest BCUT2D eigenvalue weighted by molar-refractivity contribution is -0.131. The number of thioether (sulfide) groups is 1. The van der Waals surface area contributed by atoms with Crippen molar-refractivity contribution < 1.29 is 19.9 Å². The molecule has 0 radical (unpaired) electrons. The highest BCUT2D eigenvalue weighted by Crippen LogP contribution is 2.26. The second-order valence-corrected chi connectivity index (χ2v) is 8.57. The molecule has 1 aromatic carbocycles. The zero-order valence-corrected chi connectivity index (χ0v) is 16.9. The van der Waals surface area contributed by atoms with Crippen LogP contribution in [0.4, 0.5) is 0 Å². The number of carbonyl (C=O) groups is 2. The monoisotopic (exact) mass is 400 g/mol. The highest BCUT2D eigenvalue weighted by atomic mass is 32.2. The van der Waals surface area contributed by atoms with Gasteiger partial charge in [-0.25, -0.2) is 5.48 Å². The van der Waals surface area contributed by atoms with E-state index in [-0.39, 0.29) is 12.0 Å². The lowest BCUT2D eigenvalue weighted by Crippen LogP contribution is -2.55. The van der Waals surface area contributed by atoms with E-state index in [0.717, 1.165) is 0 Å². The van der Waals surface area contributed by atoms with Crippen LogP contribution in [0.2, 0.25) is 0 Å². The largest absolute Gasteiger partial charge is 0.393 e. The van der Waals surface area contributed by atoms with Crippen molar-refractivity contribution in [1.29, 1.82) is 0 Å².